The molecule has 2 rings (SSSR count). The molecule has 0 radical (unpaired) electrons. The van der Waals surface area contributed by atoms with Gasteiger partial charge in [0, 0.05) is 25.5 Å². The van der Waals surface area contributed by atoms with Crippen LogP contribution < -0.4 is 0 Å². The highest BCUT2D eigenvalue weighted by molar-refractivity contribution is 6.18. The summed E-state index contributed by atoms with van der Waals surface area (Å²) >= 11 is 5.87. The number of alkyl halides is 4. The van der Waals surface area contributed by atoms with E-state index in [4.69, 9.17) is 16.3 Å². The van der Waals surface area contributed by atoms with Gasteiger partial charge in [-0.3, -0.25) is 4.90 Å². The monoisotopic (exact) mass is 321 g/mol. The van der Waals surface area contributed by atoms with Crippen LogP contribution >= 0.6 is 11.6 Å². The van der Waals surface area contributed by atoms with E-state index < -0.39 is 11.7 Å². The van der Waals surface area contributed by atoms with Gasteiger partial charge in [-0.25, -0.2) is 0 Å². The molecule has 1 aromatic carbocycles. The van der Waals surface area contributed by atoms with Crippen molar-refractivity contribution in [3.05, 3.63) is 35.4 Å². The van der Waals surface area contributed by atoms with Crippen molar-refractivity contribution in [1.29, 1.82) is 0 Å². The smallest absolute Gasteiger partial charge is 0.368 e. The molecule has 1 aliphatic rings. The molecule has 1 aromatic rings. The van der Waals surface area contributed by atoms with E-state index in [1.807, 2.05) is 13.8 Å². The van der Waals surface area contributed by atoms with Gasteiger partial charge in [-0.15, -0.1) is 11.6 Å². The van der Waals surface area contributed by atoms with E-state index in [9.17, 15) is 13.2 Å². The van der Waals surface area contributed by atoms with Crippen LogP contribution in [0.1, 0.15) is 25.0 Å². The predicted molar refractivity (Wildman–Crippen MR) is 76.4 cm³/mol. The normalized spacial score (nSPS) is 23.2. The Morgan fingerprint density at radius 2 is 1.90 bits per heavy atom. The van der Waals surface area contributed by atoms with Gasteiger partial charge in [-0.05, 0) is 31.5 Å². The Balaban J connectivity index is 2.04. The Morgan fingerprint density at radius 1 is 1.29 bits per heavy atom. The maximum absolute atomic E-state index is 12.5. The van der Waals surface area contributed by atoms with Gasteiger partial charge < -0.3 is 4.74 Å². The summed E-state index contributed by atoms with van der Waals surface area (Å²) in [6, 6.07) is 5.31. The molecule has 1 aliphatic heterocycles. The second-order valence-electron chi connectivity index (χ2n) is 6.02. The fraction of sp³-hybridized carbons (Fsp3) is 0.600. The summed E-state index contributed by atoms with van der Waals surface area (Å²) in [4.78, 5) is 2.17. The molecular formula is C15H19ClF3NO. The lowest BCUT2D eigenvalue weighted by atomic mass is 10.0. The average molecular weight is 322 g/mol. The van der Waals surface area contributed by atoms with Gasteiger partial charge in [-0.1, -0.05) is 12.1 Å². The van der Waals surface area contributed by atoms with Crippen LogP contribution in [0.4, 0.5) is 13.2 Å². The van der Waals surface area contributed by atoms with Crippen LogP contribution in [0.5, 0.6) is 0 Å². The number of halogens is 4. The largest absolute Gasteiger partial charge is 0.416 e. The Bertz CT molecular complexity index is 473. The SMILES string of the molecule is CC1(C)CN(Cc2ccc(C(F)(F)F)cc2)CC(CCl)O1. The van der Waals surface area contributed by atoms with Crippen molar-refractivity contribution >= 4 is 11.6 Å². The lowest BCUT2D eigenvalue weighted by Gasteiger charge is -2.42. The maximum Gasteiger partial charge on any atom is 0.416 e. The first-order valence-electron chi connectivity index (χ1n) is 6.82. The van der Waals surface area contributed by atoms with Gasteiger partial charge in [0.25, 0.3) is 0 Å². The Kier molecular flexibility index (Phi) is 4.85. The van der Waals surface area contributed by atoms with Crippen molar-refractivity contribution in [1.82, 2.24) is 4.90 Å². The minimum atomic E-state index is -4.29. The third-order valence-corrected chi connectivity index (χ3v) is 3.76. The first kappa shape index (κ1) is 16.6. The number of hydrogen-bond acceptors (Lipinski definition) is 2. The van der Waals surface area contributed by atoms with Gasteiger partial charge in [0.15, 0.2) is 0 Å². The summed E-state index contributed by atoms with van der Waals surface area (Å²) in [5.74, 6) is 0.410. The topological polar surface area (TPSA) is 12.5 Å². The highest BCUT2D eigenvalue weighted by atomic mass is 35.5. The quantitative estimate of drug-likeness (QED) is 0.782. The standard InChI is InChI=1S/C15H19ClF3NO/c1-14(2)10-20(9-13(7-16)21-14)8-11-3-5-12(6-4-11)15(17,18)19/h3-6,13H,7-10H2,1-2H3. The van der Waals surface area contributed by atoms with Crippen molar-refractivity contribution in [2.45, 2.75) is 38.3 Å². The van der Waals surface area contributed by atoms with Gasteiger partial charge >= 0.3 is 6.18 Å². The molecule has 21 heavy (non-hydrogen) atoms. The maximum atomic E-state index is 12.5. The number of rotatable bonds is 3. The molecule has 1 fully saturated rings. The predicted octanol–water partition coefficient (Wildman–Crippen LogP) is 3.92. The summed E-state index contributed by atoms with van der Waals surface area (Å²) in [7, 11) is 0. The van der Waals surface area contributed by atoms with Gasteiger partial charge in [0.1, 0.15) is 0 Å². The molecule has 1 saturated heterocycles. The molecule has 0 aromatic heterocycles. The van der Waals surface area contributed by atoms with Crippen LogP contribution in [0.2, 0.25) is 0 Å². The second-order valence-corrected chi connectivity index (χ2v) is 6.33. The first-order valence-corrected chi connectivity index (χ1v) is 7.35. The van der Waals surface area contributed by atoms with Gasteiger partial charge in [-0.2, -0.15) is 13.2 Å². The molecule has 0 spiro atoms. The van der Waals surface area contributed by atoms with Crippen LogP contribution in [0.15, 0.2) is 24.3 Å². The van der Waals surface area contributed by atoms with Crippen LogP contribution in [-0.2, 0) is 17.5 Å². The molecular weight excluding hydrogens is 303 g/mol. The van der Waals surface area contributed by atoms with E-state index in [1.165, 1.54) is 12.1 Å². The van der Waals surface area contributed by atoms with Gasteiger partial charge in [0.2, 0.25) is 0 Å². The zero-order valence-corrected chi connectivity index (χ0v) is 12.8. The van der Waals surface area contributed by atoms with Crippen LogP contribution in [0, 0.1) is 0 Å². The van der Waals surface area contributed by atoms with Crippen LogP contribution in [0.3, 0.4) is 0 Å². The van der Waals surface area contributed by atoms with E-state index in [-0.39, 0.29) is 11.7 Å². The number of ether oxygens (including phenoxy) is 1. The van der Waals surface area contributed by atoms with Crippen molar-refractivity contribution in [3.8, 4) is 0 Å². The molecule has 2 nitrogen and oxygen atoms in total. The van der Waals surface area contributed by atoms with Crippen molar-refractivity contribution in [2.75, 3.05) is 19.0 Å². The van der Waals surface area contributed by atoms with E-state index in [2.05, 4.69) is 4.90 Å². The molecule has 0 aliphatic carbocycles. The zero-order chi connectivity index (χ0) is 15.7. The minimum Gasteiger partial charge on any atom is -0.368 e. The molecule has 1 heterocycles. The summed E-state index contributed by atoms with van der Waals surface area (Å²) in [6.45, 7) is 5.99. The van der Waals surface area contributed by atoms with Crippen molar-refractivity contribution in [2.24, 2.45) is 0 Å². The highest BCUT2D eigenvalue weighted by Gasteiger charge is 2.33. The Hall–Kier alpha value is -0.780. The number of benzene rings is 1. The first-order chi connectivity index (χ1) is 9.69. The van der Waals surface area contributed by atoms with Gasteiger partial charge in [0.05, 0.1) is 17.3 Å². The second kappa shape index (κ2) is 6.15. The molecule has 118 valence electrons. The average Bonchev–Trinajstić information content (AvgIpc) is 2.36. The van der Waals surface area contributed by atoms with Crippen molar-refractivity contribution < 1.29 is 17.9 Å². The molecule has 1 unspecified atom stereocenters. The molecule has 0 amide bonds. The lowest BCUT2D eigenvalue weighted by molar-refractivity contribution is -0.137. The number of morpholine rings is 1. The number of nitrogens with zero attached hydrogens (tertiary/aromatic N) is 1. The molecule has 0 N–H and O–H groups in total. The lowest BCUT2D eigenvalue weighted by Crippen LogP contribution is -2.52. The van der Waals surface area contributed by atoms with E-state index in [0.717, 1.165) is 24.2 Å². The summed E-state index contributed by atoms with van der Waals surface area (Å²) in [5, 5.41) is 0. The van der Waals surface area contributed by atoms with Crippen LogP contribution in [-0.4, -0.2) is 35.6 Å². The fourth-order valence-electron chi connectivity index (χ4n) is 2.67. The molecule has 1 atom stereocenters. The number of hydrogen-bond donors (Lipinski definition) is 0. The Labute approximate surface area is 127 Å². The van der Waals surface area contributed by atoms with E-state index in [1.54, 1.807) is 0 Å². The van der Waals surface area contributed by atoms with E-state index in [0.29, 0.717) is 19.0 Å². The molecule has 0 saturated carbocycles. The van der Waals surface area contributed by atoms with E-state index >= 15 is 0 Å². The zero-order valence-electron chi connectivity index (χ0n) is 12.1. The third-order valence-electron chi connectivity index (χ3n) is 3.41. The molecule has 6 heteroatoms. The Morgan fingerprint density at radius 3 is 2.43 bits per heavy atom. The fourth-order valence-corrected chi connectivity index (χ4v) is 2.84. The minimum absolute atomic E-state index is 0.0511. The van der Waals surface area contributed by atoms with Crippen molar-refractivity contribution in [3.63, 3.8) is 0 Å². The molecule has 0 bridgehead atoms. The third kappa shape index (κ3) is 4.59. The summed E-state index contributed by atoms with van der Waals surface area (Å²) < 4.78 is 43.4. The summed E-state index contributed by atoms with van der Waals surface area (Å²) in [5.41, 5.74) is -0.0646. The highest BCUT2D eigenvalue weighted by Crippen LogP contribution is 2.29. The van der Waals surface area contributed by atoms with Crippen LogP contribution in [0.25, 0.3) is 0 Å². The summed E-state index contributed by atoms with van der Waals surface area (Å²) in [6.07, 6.45) is -4.34.